The molecule has 4 nitrogen and oxygen atoms in total. The Hall–Kier alpha value is -1.33. The number of amides is 2. The third-order valence-electron chi connectivity index (χ3n) is 2.02. The molecule has 1 aromatic carbocycles. The van der Waals surface area contributed by atoms with Crippen molar-refractivity contribution in [3.8, 4) is 0 Å². The topological polar surface area (TPSA) is 44.4 Å². The second kappa shape index (κ2) is 3.67. The first-order chi connectivity index (χ1) is 7.08. The van der Waals surface area contributed by atoms with Crippen LogP contribution in [0.3, 0.4) is 0 Å². The molecular weight excluding hydrogens is 221 g/mol. The van der Waals surface area contributed by atoms with Crippen LogP contribution in [0.25, 0.3) is 0 Å². The summed E-state index contributed by atoms with van der Waals surface area (Å²) in [6, 6.07) is 3.75. The Balaban J connectivity index is 2.34. The first-order valence-electron chi connectivity index (χ1n) is 4.40. The summed E-state index contributed by atoms with van der Waals surface area (Å²) in [6.45, 7) is 1.76. The molecule has 80 valence electrons. The predicted octanol–water partition coefficient (Wildman–Crippen LogP) is 1.86. The summed E-state index contributed by atoms with van der Waals surface area (Å²) in [6.07, 6.45) is -0.215. The van der Waals surface area contributed by atoms with Gasteiger partial charge < -0.3 is 5.32 Å². The summed E-state index contributed by atoms with van der Waals surface area (Å²) < 4.78 is 13.5. The van der Waals surface area contributed by atoms with Gasteiger partial charge in [0.25, 0.3) is 0 Å². The van der Waals surface area contributed by atoms with E-state index in [1.54, 1.807) is 6.92 Å². The number of carbonyl (C=O) groups excluding carboxylic acids is 1. The Morgan fingerprint density at radius 1 is 1.53 bits per heavy atom. The van der Waals surface area contributed by atoms with E-state index >= 15 is 0 Å². The van der Waals surface area contributed by atoms with Gasteiger partial charge in [0.15, 0.2) is 0 Å². The maximum Gasteiger partial charge on any atom is 0.337 e. The second-order valence-electron chi connectivity index (χ2n) is 3.23. The van der Waals surface area contributed by atoms with Gasteiger partial charge in [0.05, 0.1) is 11.9 Å². The number of hydrogen-bond acceptors (Lipinski definition) is 2. The number of urea groups is 1. The molecule has 1 atom stereocenters. The molecule has 2 amide bonds. The predicted molar refractivity (Wildman–Crippen MR) is 55.0 cm³/mol. The molecule has 0 bridgehead atoms. The van der Waals surface area contributed by atoms with Crippen molar-refractivity contribution in [1.82, 2.24) is 10.7 Å². The number of halogens is 2. The van der Waals surface area contributed by atoms with Crippen molar-refractivity contribution in [1.29, 1.82) is 0 Å². The summed E-state index contributed by atoms with van der Waals surface area (Å²) in [5.74, 6) is -0.542. The molecular formula is C9H9ClFN3O. The number of anilines is 1. The summed E-state index contributed by atoms with van der Waals surface area (Å²) in [7, 11) is 0. The maximum atomic E-state index is 13.5. The lowest BCUT2D eigenvalue weighted by Crippen LogP contribution is -2.36. The fourth-order valence-corrected chi connectivity index (χ4v) is 1.53. The molecule has 15 heavy (non-hydrogen) atoms. The number of carbonyl (C=O) groups is 1. The molecule has 0 radical (unpaired) electrons. The van der Waals surface area contributed by atoms with E-state index in [-0.39, 0.29) is 17.9 Å². The average molecular weight is 230 g/mol. The van der Waals surface area contributed by atoms with Crippen molar-refractivity contribution in [2.45, 2.75) is 13.1 Å². The van der Waals surface area contributed by atoms with Gasteiger partial charge in [0.1, 0.15) is 5.82 Å². The summed E-state index contributed by atoms with van der Waals surface area (Å²) in [5.41, 5.74) is 2.92. The Bertz CT molecular complexity index is 412. The van der Waals surface area contributed by atoms with Gasteiger partial charge in [-0.15, -0.1) is 0 Å². The molecule has 0 aliphatic carbocycles. The number of hydrogen-bond donors (Lipinski definition) is 2. The minimum Gasteiger partial charge on any atom is -0.320 e. The zero-order valence-electron chi connectivity index (χ0n) is 7.92. The van der Waals surface area contributed by atoms with Crippen LogP contribution in [-0.4, -0.2) is 12.2 Å². The Labute approximate surface area is 91.0 Å². The lowest BCUT2D eigenvalue weighted by molar-refractivity contribution is 0.251. The second-order valence-corrected chi connectivity index (χ2v) is 3.67. The van der Waals surface area contributed by atoms with Crippen LogP contribution in [0, 0.1) is 5.82 Å². The molecule has 0 saturated carbocycles. The summed E-state index contributed by atoms with van der Waals surface area (Å²) in [4.78, 5) is 11.4. The molecule has 1 aliphatic heterocycles. The molecule has 6 heteroatoms. The van der Waals surface area contributed by atoms with Crippen molar-refractivity contribution in [3.05, 3.63) is 29.0 Å². The smallest absolute Gasteiger partial charge is 0.320 e. The van der Waals surface area contributed by atoms with Gasteiger partial charge in [-0.1, -0.05) is 11.6 Å². The maximum absolute atomic E-state index is 13.5. The van der Waals surface area contributed by atoms with Crippen LogP contribution < -0.4 is 15.8 Å². The molecule has 1 fully saturated rings. The van der Waals surface area contributed by atoms with Crippen LogP contribution in [0.5, 0.6) is 0 Å². The first-order valence-corrected chi connectivity index (χ1v) is 4.77. The minimum atomic E-state index is -0.542. The van der Waals surface area contributed by atoms with Gasteiger partial charge in [-0.3, -0.25) is 0 Å². The van der Waals surface area contributed by atoms with Crippen LogP contribution in [0.1, 0.15) is 6.92 Å². The highest BCUT2D eigenvalue weighted by Gasteiger charge is 2.28. The zero-order chi connectivity index (χ0) is 11.0. The van der Waals surface area contributed by atoms with Gasteiger partial charge in [-0.25, -0.2) is 19.6 Å². The molecule has 1 heterocycles. The van der Waals surface area contributed by atoms with E-state index in [4.69, 9.17) is 11.6 Å². The number of nitrogens with zero attached hydrogens (tertiary/aromatic N) is 1. The average Bonchev–Trinajstić information content (AvgIpc) is 2.45. The van der Waals surface area contributed by atoms with Crippen LogP contribution in [-0.2, 0) is 0 Å². The molecule has 2 rings (SSSR count). The highest BCUT2D eigenvalue weighted by molar-refractivity contribution is 6.30. The lowest BCUT2D eigenvalue weighted by atomic mass is 10.3. The fraction of sp³-hybridized carbons (Fsp3) is 0.222. The number of hydrazine groups is 1. The summed E-state index contributed by atoms with van der Waals surface area (Å²) >= 11 is 5.61. The van der Waals surface area contributed by atoms with E-state index in [9.17, 15) is 9.18 Å². The van der Waals surface area contributed by atoms with E-state index < -0.39 is 5.82 Å². The van der Waals surface area contributed by atoms with Crippen LogP contribution in [0.15, 0.2) is 18.2 Å². The monoisotopic (exact) mass is 229 g/mol. The van der Waals surface area contributed by atoms with Gasteiger partial charge in [0.2, 0.25) is 0 Å². The largest absolute Gasteiger partial charge is 0.337 e. The molecule has 0 aromatic heterocycles. The number of rotatable bonds is 1. The van der Waals surface area contributed by atoms with E-state index in [0.29, 0.717) is 5.02 Å². The summed E-state index contributed by atoms with van der Waals surface area (Å²) in [5, 5.41) is 4.00. The molecule has 1 saturated heterocycles. The Morgan fingerprint density at radius 2 is 2.27 bits per heavy atom. The first kappa shape index (κ1) is 10.2. The van der Waals surface area contributed by atoms with Crippen molar-refractivity contribution in [2.24, 2.45) is 0 Å². The van der Waals surface area contributed by atoms with Crippen molar-refractivity contribution < 1.29 is 9.18 Å². The fourth-order valence-electron chi connectivity index (χ4n) is 1.38. The standard InChI is InChI=1S/C9H9ClFN3O/c1-5-12-9(15)14(13-5)8-3-2-6(10)4-7(8)11/h2-5,13H,1H3,(H,12,15). The van der Waals surface area contributed by atoms with Gasteiger partial charge in [-0.2, -0.15) is 0 Å². The van der Waals surface area contributed by atoms with Crippen LogP contribution in [0.2, 0.25) is 5.02 Å². The van der Waals surface area contributed by atoms with E-state index in [1.807, 2.05) is 0 Å². The van der Waals surface area contributed by atoms with Gasteiger partial charge in [-0.05, 0) is 25.1 Å². The van der Waals surface area contributed by atoms with Crippen molar-refractivity contribution >= 4 is 23.3 Å². The SMILES string of the molecule is CC1NC(=O)N(c2ccc(Cl)cc2F)N1. The van der Waals surface area contributed by atoms with E-state index in [1.165, 1.54) is 12.1 Å². The minimum absolute atomic E-state index is 0.154. The van der Waals surface area contributed by atoms with Crippen LogP contribution in [0.4, 0.5) is 14.9 Å². The molecule has 1 aliphatic rings. The number of benzene rings is 1. The highest BCUT2D eigenvalue weighted by atomic mass is 35.5. The van der Waals surface area contributed by atoms with E-state index in [2.05, 4.69) is 10.7 Å². The lowest BCUT2D eigenvalue weighted by Gasteiger charge is -2.15. The van der Waals surface area contributed by atoms with Crippen molar-refractivity contribution in [3.63, 3.8) is 0 Å². The van der Waals surface area contributed by atoms with E-state index in [0.717, 1.165) is 11.1 Å². The third kappa shape index (κ3) is 1.88. The molecule has 0 spiro atoms. The van der Waals surface area contributed by atoms with Crippen LogP contribution >= 0.6 is 11.6 Å². The normalized spacial score (nSPS) is 20.6. The Kier molecular flexibility index (Phi) is 2.50. The highest BCUT2D eigenvalue weighted by Crippen LogP contribution is 2.23. The third-order valence-corrected chi connectivity index (χ3v) is 2.25. The zero-order valence-corrected chi connectivity index (χ0v) is 8.68. The van der Waals surface area contributed by atoms with Crippen molar-refractivity contribution in [2.75, 3.05) is 5.01 Å². The molecule has 1 aromatic rings. The van der Waals surface area contributed by atoms with Gasteiger partial charge in [0, 0.05) is 5.02 Å². The molecule has 2 N–H and O–H groups in total. The number of nitrogens with one attached hydrogen (secondary N) is 2. The Morgan fingerprint density at radius 3 is 2.80 bits per heavy atom. The molecule has 1 unspecified atom stereocenters. The van der Waals surface area contributed by atoms with Gasteiger partial charge >= 0.3 is 6.03 Å². The quantitative estimate of drug-likeness (QED) is 0.772.